The number of imidazole rings is 1. The predicted molar refractivity (Wildman–Crippen MR) is 122 cm³/mol. The summed E-state index contributed by atoms with van der Waals surface area (Å²) < 4.78 is 5.28. The van der Waals surface area contributed by atoms with Gasteiger partial charge in [-0.15, -0.1) is 11.3 Å². The number of benzene rings is 1. The van der Waals surface area contributed by atoms with Crippen LogP contribution in [0.2, 0.25) is 0 Å². The first-order chi connectivity index (χ1) is 14.7. The van der Waals surface area contributed by atoms with Gasteiger partial charge >= 0.3 is 5.97 Å². The van der Waals surface area contributed by atoms with Crippen LogP contribution in [0.1, 0.15) is 53.4 Å². The molecule has 158 valence electrons. The Kier molecular flexibility index (Phi) is 6.74. The molecule has 0 saturated heterocycles. The van der Waals surface area contributed by atoms with Gasteiger partial charge in [0.1, 0.15) is 5.00 Å². The van der Waals surface area contributed by atoms with Gasteiger partial charge in [0.2, 0.25) is 5.91 Å². The van der Waals surface area contributed by atoms with Crippen LogP contribution < -0.4 is 5.32 Å². The molecule has 0 spiro atoms. The van der Waals surface area contributed by atoms with Crippen LogP contribution in [0.5, 0.6) is 0 Å². The van der Waals surface area contributed by atoms with Crippen LogP contribution in [-0.4, -0.2) is 34.2 Å². The molecule has 0 atom stereocenters. The summed E-state index contributed by atoms with van der Waals surface area (Å²) in [6, 6.07) is 7.86. The van der Waals surface area contributed by atoms with Crippen molar-refractivity contribution in [3.63, 3.8) is 0 Å². The maximum absolute atomic E-state index is 12.6. The van der Waals surface area contributed by atoms with Gasteiger partial charge in [-0.1, -0.05) is 30.3 Å². The topological polar surface area (TPSA) is 84.1 Å². The number of carbonyl (C=O) groups excluding carboxylic acids is 2. The lowest BCUT2D eigenvalue weighted by Gasteiger charge is -2.08. The molecule has 1 aliphatic carbocycles. The van der Waals surface area contributed by atoms with E-state index in [0.29, 0.717) is 29.3 Å². The third kappa shape index (κ3) is 4.70. The first-order valence-corrected chi connectivity index (χ1v) is 12.1. The number of nitrogens with one attached hydrogen (secondary N) is 2. The smallest absolute Gasteiger partial charge is 0.341 e. The molecule has 6 nitrogen and oxygen atoms in total. The van der Waals surface area contributed by atoms with Crippen LogP contribution in [0.15, 0.2) is 29.4 Å². The first kappa shape index (κ1) is 20.9. The Hall–Kier alpha value is -2.32. The van der Waals surface area contributed by atoms with E-state index in [1.807, 2.05) is 24.3 Å². The van der Waals surface area contributed by atoms with Crippen LogP contribution >= 0.6 is 23.1 Å². The first-order valence-electron chi connectivity index (χ1n) is 10.3. The molecule has 0 saturated carbocycles. The summed E-state index contributed by atoms with van der Waals surface area (Å²) in [6.45, 7) is 2.13. The number of thiophene rings is 1. The minimum absolute atomic E-state index is 0.0967. The van der Waals surface area contributed by atoms with Crippen LogP contribution in [0.3, 0.4) is 0 Å². The monoisotopic (exact) mass is 443 g/mol. The van der Waals surface area contributed by atoms with Gasteiger partial charge < -0.3 is 15.0 Å². The zero-order chi connectivity index (χ0) is 20.9. The SMILES string of the molecule is CCOC(=O)c1c(NC(=O)CCSc2nc3ccccc3[nH]2)sc2c1CCCCC2. The third-order valence-electron chi connectivity index (χ3n) is 5.09. The number of nitrogens with zero attached hydrogens (tertiary/aromatic N) is 1. The molecule has 30 heavy (non-hydrogen) atoms. The summed E-state index contributed by atoms with van der Waals surface area (Å²) >= 11 is 3.05. The summed E-state index contributed by atoms with van der Waals surface area (Å²) in [4.78, 5) is 34.2. The zero-order valence-electron chi connectivity index (χ0n) is 17.0. The maximum atomic E-state index is 12.6. The van der Waals surface area contributed by atoms with E-state index in [1.54, 1.807) is 6.92 Å². The summed E-state index contributed by atoms with van der Waals surface area (Å²) in [7, 11) is 0. The zero-order valence-corrected chi connectivity index (χ0v) is 18.6. The largest absolute Gasteiger partial charge is 0.462 e. The normalized spacial score (nSPS) is 13.6. The van der Waals surface area contributed by atoms with Crippen molar-refractivity contribution >= 4 is 51.0 Å². The number of carbonyl (C=O) groups is 2. The van der Waals surface area contributed by atoms with Crippen molar-refractivity contribution in [2.24, 2.45) is 0 Å². The summed E-state index contributed by atoms with van der Waals surface area (Å²) in [5.74, 6) is 0.176. The van der Waals surface area contributed by atoms with Crippen molar-refractivity contribution in [3.8, 4) is 0 Å². The molecule has 2 N–H and O–H groups in total. The van der Waals surface area contributed by atoms with Crippen molar-refractivity contribution in [1.29, 1.82) is 0 Å². The van der Waals surface area contributed by atoms with Gasteiger partial charge in [0.15, 0.2) is 5.16 Å². The lowest BCUT2D eigenvalue weighted by molar-refractivity contribution is -0.115. The molecular weight excluding hydrogens is 418 g/mol. The molecule has 2 heterocycles. The highest BCUT2D eigenvalue weighted by atomic mass is 32.2. The number of aromatic amines is 1. The van der Waals surface area contributed by atoms with E-state index >= 15 is 0 Å². The van der Waals surface area contributed by atoms with Crippen molar-refractivity contribution in [3.05, 3.63) is 40.3 Å². The molecule has 3 aromatic rings. The molecule has 0 unspecified atom stereocenters. The number of hydrogen-bond acceptors (Lipinski definition) is 6. The Morgan fingerprint density at radius 2 is 2.07 bits per heavy atom. The molecule has 4 rings (SSSR count). The quantitative estimate of drug-likeness (QED) is 0.298. The second-order valence-electron chi connectivity index (χ2n) is 7.19. The molecule has 1 aromatic carbocycles. The van der Waals surface area contributed by atoms with E-state index in [2.05, 4.69) is 15.3 Å². The number of fused-ring (bicyclic) bond motifs is 2. The van der Waals surface area contributed by atoms with Crippen molar-refractivity contribution in [1.82, 2.24) is 9.97 Å². The van der Waals surface area contributed by atoms with E-state index in [9.17, 15) is 9.59 Å². The van der Waals surface area contributed by atoms with Gasteiger partial charge in [-0.05, 0) is 50.3 Å². The van der Waals surface area contributed by atoms with Crippen molar-refractivity contribution in [2.45, 2.75) is 50.6 Å². The Balaban J connectivity index is 1.41. The Morgan fingerprint density at radius 3 is 2.90 bits per heavy atom. The Morgan fingerprint density at radius 1 is 1.23 bits per heavy atom. The van der Waals surface area contributed by atoms with E-state index in [-0.39, 0.29) is 11.9 Å². The molecule has 0 fully saturated rings. The molecule has 8 heteroatoms. The van der Waals surface area contributed by atoms with E-state index < -0.39 is 0 Å². The summed E-state index contributed by atoms with van der Waals surface area (Å²) in [5, 5.41) is 4.42. The maximum Gasteiger partial charge on any atom is 0.341 e. The number of ether oxygens (including phenoxy) is 1. The van der Waals surface area contributed by atoms with Gasteiger partial charge in [-0.25, -0.2) is 9.78 Å². The number of para-hydroxylation sites is 2. The minimum atomic E-state index is -0.330. The van der Waals surface area contributed by atoms with Crippen LogP contribution in [0, 0.1) is 0 Å². The highest BCUT2D eigenvalue weighted by Gasteiger charge is 2.26. The standard InChI is InChI=1S/C22H25N3O3S2/c1-2-28-21(27)19-14-8-4-3-5-11-17(14)30-20(19)25-18(26)12-13-29-22-23-15-9-6-7-10-16(15)24-22/h6-7,9-10H,2-5,8,11-13H2,1H3,(H,23,24)(H,25,26). The Bertz CT molecular complexity index is 1020. The predicted octanol–water partition coefficient (Wildman–Crippen LogP) is 5.19. The molecular formula is C22H25N3O3S2. The summed E-state index contributed by atoms with van der Waals surface area (Å²) in [5.41, 5.74) is 3.55. The number of esters is 1. The van der Waals surface area contributed by atoms with Gasteiger partial charge in [0.05, 0.1) is 23.2 Å². The van der Waals surface area contributed by atoms with Crippen LogP contribution in [-0.2, 0) is 22.4 Å². The molecule has 0 aliphatic heterocycles. The van der Waals surface area contributed by atoms with Gasteiger partial charge in [-0.3, -0.25) is 4.79 Å². The number of thioether (sulfide) groups is 1. The number of H-pyrrole nitrogens is 1. The van der Waals surface area contributed by atoms with Crippen LogP contribution in [0.4, 0.5) is 5.00 Å². The van der Waals surface area contributed by atoms with Crippen LogP contribution in [0.25, 0.3) is 11.0 Å². The molecule has 0 bridgehead atoms. The second-order valence-corrected chi connectivity index (χ2v) is 9.38. The van der Waals surface area contributed by atoms with E-state index in [0.717, 1.165) is 47.4 Å². The van der Waals surface area contributed by atoms with Gasteiger partial charge in [-0.2, -0.15) is 0 Å². The lowest BCUT2D eigenvalue weighted by atomic mass is 10.1. The second kappa shape index (κ2) is 9.66. The fourth-order valence-corrected chi connectivity index (χ4v) is 5.80. The van der Waals surface area contributed by atoms with E-state index in [4.69, 9.17) is 4.74 Å². The average Bonchev–Trinajstić information content (AvgIpc) is 3.21. The van der Waals surface area contributed by atoms with Gasteiger partial charge in [0, 0.05) is 17.1 Å². The number of hydrogen-bond donors (Lipinski definition) is 2. The molecule has 1 aliphatic rings. The number of aromatic nitrogens is 2. The lowest BCUT2D eigenvalue weighted by Crippen LogP contribution is -2.15. The number of anilines is 1. The molecule has 0 radical (unpaired) electrons. The molecule has 2 aromatic heterocycles. The fraction of sp³-hybridized carbons (Fsp3) is 0.409. The number of amides is 1. The number of rotatable bonds is 7. The van der Waals surface area contributed by atoms with Crippen molar-refractivity contribution < 1.29 is 14.3 Å². The minimum Gasteiger partial charge on any atom is -0.462 e. The third-order valence-corrected chi connectivity index (χ3v) is 7.17. The fourth-order valence-electron chi connectivity index (χ4n) is 3.68. The highest BCUT2D eigenvalue weighted by molar-refractivity contribution is 7.99. The summed E-state index contributed by atoms with van der Waals surface area (Å²) in [6.07, 6.45) is 5.54. The highest BCUT2D eigenvalue weighted by Crippen LogP contribution is 2.38. The molecule has 1 amide bonds. The number of aryl methyl sites for hydroxylation is 1. The van der Waals surface area contributed by atoms with Crippen molar-refractivity contribution in [2.75, 3.05) is 17.7 Å². The van der Waals surface area contributed by atoms with Gasteiger partial charge in [0.25, 0.3) is 0 Å². The Labute approximate surface area is 183 Å². The average molecular weight is 444 g/mol. The van der Waals surface area contributed by atoms with E-state index in [1.165, 1.54) is 34.4 Å².